The number of aryl methyl sites for hydroxylation is 1. The number of hydrogen-bond acceptors (Lipinski definition) is 6. The Labute approximate surface area is 127 Å². The first-order valence-corrected chi connectivity index (χ1v) is 10.4. The Hall–Kier alpha value is -0.750. The van der Waals surface area contributed by atoms with Gasteiger partial charge < -0.3 is 4.98 Å². The maximum atomic E-state index is 12.5. The third kappa shape index (κ3) is 3.92. The molecule has 21 heavy (non-hydrogen) atoms. The fourth-order valence-electron chi connectivity index (χ4n) is 2.31. The Bertz CT molecular complexity index is 777. The van der Waals surface area contributed by atoms with Gasteiger partial charge in [-0.15, -0.1) is 0 Å². The van der Waals surface area contributed by atoms with E-state index in [0.717, 1.165) is 6.26 Å². The standard InChI is InChI=1S/C10H17N3O5S3/c1-7-9(19-10(14)11-7)21(17,18)13-5-3-4-8(6-13)12-20(2,15)16/h8,12H,3-6H2,1-2H3,(H,11,14). The molecule has 1 aromatic heterocycles. The zero-order valence-corrected chi connectivity index (χ0v) is 14.1. The van der Waals surface area contributed by atoms with Crippen LogP contribution in [0.3, 0.4) is 0 Å². The van der Waals surface area contributed by atoms with Gasteiger partial charge in [-0.3, -0.25) is 4.79 Å². The first-order chi connectivity index (χ1) is 9.59. The second-order valence-corrected chi connectivity index (χ2v) is 9.92. The Morgan fingerprint density at radius 3 is 2.52 bits per heavy atom. The molecule has 1 atom stereocenters. The van der Waals surface area contributed by atoms with E-state index in [1.54, 1.807) is 0 Å². The predicted molar refractivity (Wildman–Crippen MR) is 79.4 cm³/mol. The SMILES string of the molecule is Cc1[nH]c(=O)sc1S(=O)(=O)N1CCCC(NS(C)(=O)=O)C1. The van der Waals surface area contributed by atoms with Crippen LogP contribution in [0.25, 0.3) is 0 Å². The molecule has 1 saturated heterocycles. The number of aromatic amines is 1. The lowest BCUT2D eigenvalue weighted by molar-refractivity contribution is 0.304. The Balaban J connectivity index is 2.24. The summed E-state index contributed by atoms with van der Waals surface area (Å²) in [6.07, 6.45) is 2.19. The molecule has 0 saturated carbocycles. The first kappa shape index (κ1) is 16.6. The molecule has 1 aliphatic rings. The van der Waals surface area contributed by atoms with E-state index in [0.29, 0.717) is 36.4 Å². The van der Waals surface area contributed by atoms with Crippen LogP contribution in [0, 0.1) is 6.92 Å². The molecular formula is C10H17N3O5S3. The lowest BCUT2D eigenvalue weighted by Crippen LogP contribution is -2.49. The van der Waals surface area contributed by atoms with Gasteiger partial charge in [-0.05, 0) is 19.8 Å². The summed E-state index contributed by atoms with van der Waals surface area (Å²) in [6, 6.07) is -0.445. The number of nitrogens with one attached hydrogen (secondary N) is 2. The molecule has 8 nitrogen and oxygen atoms in total. The molecule has 11 heteroatoms. The van der Waals surface area contributed by atoms with E-state index in [1.807, 2.05) is 0 Å². The minimum absolute atomic E-state index is 0.00694. The van der Waals surface area contributed by atoms with E-state index in [-0.39, 0.29) is 10.8 Å². The van der Waals surface area contributed by atoms with Crippen molar-refractivity contribution >= 4 is 31.4 Å². The average molecular weight is 355 g/mol. The summed E-state index contributed by atoms with van der Waals surface area (Å²) >= 11 is 0.650. The number of H-pyrrole nitrogens is 1. The molecular weight excluding hydrogens is 338 g/mol. The van der Waals surface area contributed by atoms with Crippen LogP contribution in [0.5, 0.6) is 0 Å². The normalized spacial score (nSPS) is 21.5. The van der Waals surface area contributed by atoms with Gasteiger partial charge in [0.2, 0.25) is 10.0 Å². The van der Waals surface area contributed by atoms with E-state index < -0.39 is 31.0 Å². The summed E-state index contributed by atoms with van der Waals surface area (Å²) in [6.45, 7) is 1.91. The van der Waals surface area contributed by atoms with E-state index in [4.69, 9.17) is 0 Å². The minimum atomic E-state index is -3.77. The van der Waals surface area contributed by atoms with Gasteiger partial charge in [0.25, 0.3) is 10.0 Å². The summed E-state index contributed by atoms with van der Waals surface area (Å²) in [4.78, 5) is 13.3. The fourth-order valence-corrected chi connectivity index (χ4v) is 6.07. The number of piperidine rings is 1. The maximum Gasteiger partial charge on any atom is 0.305 e. The van der Waals surface area contributed by atoms with Crippen molar-refractivity contribution in [2.24, 2.45) is 0 Å². The Morgan fingerprint density at radius 2 is 2.00 bits per heavy atom. The lowest BCUT2D eigenvalue weighted by Gasteiger charge is -2.31. The minimum Gasteiger partial charge on any atom is -0.315 e. The number of sulfonamides is 2. The van der Waals surface area contributed by atoms with E-state index in [1.165, 1.54) is 11.2 Å². The van der Waals surface area contributed by atoms with Gasteiger partial charge in [-0.25, -0.2) is 21.6 Å². The van der Waals surface area contributed by atoms with Crippen molar-refractivity contribution in [2.75, 3.05) is 19.3 Å². The van der Waals surface area contributed by atoms with Crippen LogP contribution < -0.4 is 9.60 Å². The van der Waals surface area contributed by atoms with Crippen molar-refractivity contribution in [1.82, 2.24) is 14.0 Å². The van der Waals surface area contributed by atoms with Crippen LogP contribution in [0.2, 0.25) is 0 Å². The molecule has 2 rings (SSSR count). The summed E-state index contributed by atoms with van der Waals surface area (Å²) in [5.74, 6) is 0. The molecule has 0 amide bonds. The monoisotopic (exact) mass is 355 g/mol. The molecule has 1 aromatic rings. The fraction of sp³-hybridized carbons (Fsp3) is 0.700. The van der Waals surface area contributed by atoms with Crippen LogP contribution in [0.15, 0.2) is 9.00 Å². The van der Waals surface area contributed by atoms with Gasteiger partial charge in [-0.1, -0.05) is 11.3 Å². The highest BCUT2D eigenvalue weighted by Crippen LogP contribution is 2.24. The Kier molecular flexibility index (Phi) is 4.59. The van der Waals surface area contributed by atoms with Crippen molar-refractivity contribution in [3.05, 3.63) is 15.4 Å². The molecule has 2 N–H and O–H groups in total. The van der Waals surface area contributed by atoms with Crippen molar-refractivity contribution in [3.8, 4) is 0 Å². The quantitative estimate of drug-likeness (QED) is 0.751. The first-order valence-electron chi connectivity index (χ1n) is 6.27. The third-order valence-corrected chi connectivity index (χ3v) is 7.33. The molecule has 0 spiro atoms. The highest BCUT2D eigenvalue weighted by Gasteiger charge is 2.33. The smallest absolute Gasteiger partial charge is 0.305 e. The van der Waals surface area contributed by atoms with Crippen LogP contribution in [0.1, 0.15) is 18.5 Å². The summed E-state index contributed by atoms with van der Waals surface area (Å²) in [5, 5.41) is 0. The molecule has 0 aliphatic carbocycles. The number of nitrogens with zero attached hydrogens (tertiary/aromatic N) is 1. The molecule has 0 radical (unpaired) electrons. The van der Waals surface area contributed by atoms with Crippen LogP contribution in [-0.4, -0.2) is 51.5 Å². The second kappa shape index (κ2) is 5.80. The number of aromatic nitrogens is 1. The highest BCUT2D eigenvalue weighted by molar-refractivity contribution is 7.91. The van der Waals surface area contributed by atoms with E-state index in [2.05, 4.69) is 9.71 Å². The second-order valence-electron chi connectivity index (χ2n) is 5.02. The molecule has 120 valence electrons. The van der Waals surface area contributed by atoms with Gasteiger partial charge in [0.05, 0.1) is 6.26 Å². The van der Waals surface area contributed by atoms with Crippen molar-refractivity contribution in [3.63, 3.8) is 0 Å². The van der Waals surface area contributed by atoms with Crippen LogP contribution >= 0.6 is 11.3 Å². The van der Waals surface area contributed by atoms with Gasteiger partial charge in [0.1, 0.15) is 0 Å². The molecule has 1 unspecified atom stereocenters. The van der Waals surface area contributed by atoms with Crippen molar-refractivity contribution in [1.29, 1.82) is 0 Å². The number of rotatable bonds is 4. The third-order valence-electron chi connectivity index (χ3n) is 3.12. The van der Waals surface area contributed by atoms with Gasteiger partial charge in [0.15, 0.2) is 4.21 Å². The number of hydrogen-bond donors (Lipinski definition) is 2. The zero-order chi connectivity index (χ0) is 15.8. The van der Waals surface area contributed by atoms with E-state index in [9.17, 15) is 21.6 Å². The number of thiazole rings is 1. The molecule has 1 aliphatic heterocycles. The average Bonchev–Trinajstić information content (AvgIpc) is 2.67. The molecule has 0 aromatic carbocycles. The maximum absolute atomic E-state index is 12.5. The lowest BCUT2D eigenvalue weighted by atomic mass is 10.1. The van der Waals surface area contributed by atoms with Crippen LogP contribution in [-0.2, 0) is 20.0 Å². The van der Waals surface area contributed by atoms with Gasteiger partial charge in [-0.2, -0.15) is 4.31 Å². The highest BCUT2D eigenvalue weighted by atomic mass is 32.2. The summed E-state index contributed by atoms with van der Waals surface area (Å²) < 4.78 is 51.2. The summed E-state index contributed by atoms with van der Waals surface area (Å²) in [5.41, 5.74) is 0.309. The zero-order valence-electron chi connectivity index (χ0n) is 11.6. The Morgan fingerprint density at radius 1 is 1.33 bits per heavy atom. The largest absolute Gasteiger partial charge is 0.315 e. The van der Waals surface area contributed by atoms with Crippen molar-refractivity contribution in [2.45, 2.75) is 30.0 Å². The van der Waals surface area contributed by atoms with E-state index >= 15 is 0 Å². The molecule has 2 heterocycles. The van der Waals surface area contributed by atoms with Gasteiger partial charge >= 0.3 is 4.87 Å². The van der Waals surface area contributed by atoms with Crippen LogP contribution in [0.4, 0.5) is 0 Å². The molecule has 1 fully saturated rings. The summed E-state index contributed by atoms with van der Waals surface area (Å²) in [7, 11) is -7.16. The van der Waals surface area contributed by atoms with Gasteiger partial charge in [0, 0.05) is 24.8 Å². The van der Waals surface area contributed by atoms with Crippen molar-refractivity contribution < 1.29 is 16.8 Å². The predicted octanol–water partition coefficient (Wildman–Crippen LogP) is -0.553. The topological polar surface area (TPSA) is 116 Å². The molecule has 0 bridgehead atoms.